The molecule has 0 saturated carbocycles. The minimum atomic E-state index is -0.697. The van der Waals surface area contributed by atoms with Gasteiger partial charge in [-0.25, -0.2) is 4.79 Å². The van der Waals surface area contributed by atoms with Crippen molar-refractivity contribution in [3.05, 3.63) is 31.0 Å². The molecule has 0 spiro atoms. The van der Waals surface area contributed by atoms with E-state index >= 15 is 0 Å². The van der Waals surface area contributed by atoms with E-state index in [1.807, 2.05) is 4.98 Å². The van der Waals surface area contributed by atoms with Gasteiger partial charge in [-0.1, -0.05) is 22.9 Å². The number of nitrogens with one attached hydrogen (secondary N) is 2. The summed E-state index contributed by atoms with van der Waals surface area (Å²) in [4.78, 5) is 26.1. The van der Waals surface area contributed by atoms with Crippen molar-refractivity contribution in [2.75, 3.05) is 0 Å². The Morgan fingerprint density at radius 2 is 2.00 bits per heavy atom. The average Bonchev–Trinajstić information content (AvgIpc) is 2.32. The maximum atomic E-state index is 12.9. The molecule has 0 fully saturated rings. The lowest BCUT2D eigenvalue weighted by molar-refractivity contribution is 0.658. The first-order valence-electron chi connectivity index (χ1n) is 3.19. The Labute approximate surface area is 79.0 Å². The highest BCUT2D eigenvalue weighted by Gasteiger charge is 2.13. The van der Waals surface area contributed by atoms with Crippen molar-refractivity contribution >= 4 is 33.2 Å². The third kappa shape index (κ3) is 1.18. The van der Waals surface area contributed by atoms with Gasteiger partial charge in [0.25, 0.3) is 5.56 Å². The van der Waals surface area contributed by atoms with Crippen LogP contribution in [-0.2, 0) is 0 Å². The SMILES string of the molecule is O=c1[nH]c(=O)c2sc(F)c(Cl)c2[nH]1. The molecule has 7 heteroatoms. The summed E-state index contributed by atoms with van der Waals surface area (Å²) in [5.74, 6) is 0. The molecular weight excluding hydrogens is 219 g/mol. The number of hydrogen-bond acceptors (Lipinski definition) is 3. The molecule has 0 aliphatic heterocycles. The van der Waals surface area contributed by atoms with Crippen LogP contribution < -0.4 is 11.2 Å². The van der Waals surface area contributed by atoms with Crippen molar-refractivity contribution in [3.8, 4) is 0 Å². The van der Waals surface area contributed by atoms with Crippen molar-refractivity contribution in [1.29, 1.82) is 0 Å². The Balaban J connectivity index is 3.12. The fourth-order valence-corrected chi connectivity index (χ4v) is 2.04. The van der Waals surface area contributed by atoms with Crippen molar-refractivity contribution in [1.82, 2.24) is 9.97 Å². The second-order valence-corrected chi connectivity index (χ2v) is 3.65. The molecule has 2 aromatic rings. The van der Waals surface area contributed by atoms with Gasteiger partial charge < -0.3 is 4.98 Å². The standard InChI is InChI=1S/C6H2ClFN2O2S/c7-1-2-3(13-4(1)8)5(11)10-6(12)9-2/h(H2,9,10,11,12). The van der Waals surface area contributed by atoms with Gasteiger partial charge in [-0.3, -0.25) is 9.78 Å². The molecule has 2 heterocycles. The molecule has 4 nitrogen and oxygen atoms in total. The molecule has 0 radical (unpaired) electrons. The molecule has 0 unspecified atom stereocenters. The monoisotopic (exact) mass is 220 g/mol. The lowest BCUT2D eigenvalue weighted by Gasteiger charge is -1.86. The summed E-state index contributed by atoms with van der Waals surface area (Å²) in [7, 11) is 0. The maximum Gasteiger partial charge on any atom is 0.326 e. The van der Waals surface area contributed by atoms with Crippen LogP contribution in [0.15, 0.2) is 9.59 Å². The van der Waals surface area contributed by atoms with Gasteiger partial charge in [-0.05, 0) is 0 Å². The Morgan fingerprint density at radius 3 is 2.69 bits per heavy atom. The zero-order chi connectivity index (χ0) is 9.59. The van der Waals surface area contributed by atoms with Gasteiger partial charge in [0.15, 0.2) is 5.13 Å². The first-order valence-corrected chi connectivity index (χ1v) is 4.39. The van der Waals surface area contributed by atoms with E-state index in [2.05, 4.69) is 4.98 Å². The lowest BCUT2D eigenvalue weighted by Crippen LogP contribution is -2.20. The predicted molar refractivity (Wildman–Crippen MR) is 48.0 cm³/mol. The second kappa shape index (κ2) is 2.68. The van der Waals surface area contributed by atoms with Crippen LogP contribution in [0.2, 0.25) is 5.02 Å². The molecule has 0 atom stereocenters. The van der Waals surface area contributed by atoms with Crippen molar-refractivity contribution < 1.29 is 4.39 Å². The van der Waals surface area contributed by atoms with Crippen LogP contribution in [-0.4, -0.2) is 9.97 Å². The van der Waals surface area contributed by atoms with Crippen molar-refractivity contribution in [2.45, 2.75) is 0 Å². The first-order chi connectivity index (χ1) is 6.09. The second-order valence-electron chi connectivity index (χ2n) is 2.30. The lowest BCUT2D eigenvalue weighted by atomic mass is 10.5. The molecule has 0 aliphatic rings. The van der Waals surface area contributed by atoms with E-state index < -0.39 is 16.4 Å². The van der Waals surface area contributed by atoms with E-state index in [4.69, 9.17) is 11.6 Å². The van der Waals surface area contributed by atoms with E-state index in [-0.39, 0.29) is 15.2 Å². The summed E-state index contributed by atoms with van der Waals surface area (Å²) >= 11 is 6.10. The molecule has 2 N–H and O–H groups in total. The molecule has 0 aromatic carbocycles. The minimum absolute atomic E-state index is 0.0536. The van der Waals surface area contributed by atoms with Crippen LogP contribution in [0, 0.1) is 5.13 Å². The highest BCUT2D eigenvalue weighted by Crippen LogP contribution is 2.28. The van der Waals surface area contributed by atoms with Gasteiger partial charge >= 0.3 is 5.69 Å². The Kier molecular flexibility index (Phi) is 1.74. The van der Waals surface area contributed by atoms with Crippen LogP contribution in [0.3, 0.4) is 0 Å². The quantitative estimate of drug-likeness (QED) is 0.698. The van der Waals surface area contributed by atoms with Crippen LogP contribution >= 0.6 is 22.9 Å². The first kappa shape index (κ1) is 8.46. The number of rotatable bonds is 0. The van der Waals surface area contributed by atoms with Crippen molar-refractivity contribution in [3.63, 3.8) is 0 Å². The number of hydrogen-bond donors (Lipinski definition) is 2. The van der Waals surface area contributed by atoms with Crippen LogP contribution in [0.1, 0.15) is 0 Å². The zero-order valence-electron chi connectivity index (χ0n) is 5.98. The summed E-state index contributed by atoms with van der Waals surface area (Å²) in [6.07, 6.45) is 0. The van der Waals surface area contributed by atoms with Crippen molar-refractivity contribution in [2.24, 2.45) is 0 Å². The molecular formula is C6H2ClFN2O2S. The van der Waals surface area contributed by atoms with Gasteiger partial charge in [0.1, 0.15) is 9.72 Å². The third-order valence-corrected chi connectivity index (χ3v) is 2.93. The summed E-state index contributed by atoms with van der Waals surface area (Å²) in [5.41, 5.74) is -1.27. The fourth-order valence-electron chi connectivity index (χ4n) is 0.960. The highest BCUT2D eigenvalue weighted by atomic mass is 35.5. The molecule has 0 saturated heterocycles. The Hall–Kier alpha value is -1.14. The normalized spacial score (nSPS) is 10.9. The van der Waals surface area contributed by atoms with E-state index in [1.165, 1.54) is 0 Å². The van der Waals surface area contributed by atoms with Gasteiger partial charge in [0, 0.05) is 0 Å². The van der Waals surface area contributed by atoms with E-state index in [0.717, 1.165) is 0 Å². The summed E-state index contributed by atoms with van der Waals surface area (Å²) < 4.78 is 12.9. The third-order valence-electron chi connectivity index (χ3n) is 1.48. The van der Waals surface area contributed by atoms with E-state index in [1.54, 1.807) is 0 Å². The molecule has 0 bridgehead atoms. The summed E-state index contributed by atoms with van der Waals surface area (Å²) in [6, 6.07) is 0. The minimum Gasteiger partial charge on any atom is -0.305 e. The number of halogens is 2. The fraction of sp³-hybridized carbons (Fsp3) is 0. The smallest absolute Gasteiger partial charge is 0.305 e. The number of fused-ring (bicyclic) bond motifs is 1. The molecule has 0 amide bonds. The van der Waals surface area contributed by atoms with Gasteiger partial charge in [-0.15, -0.1) is 0 Å². The molecule has 2 aromatic heterocycles. The molecule has 13 heavy (non-hydrogen) atoms. The van der Waals surface area contributed by atoms with E-state index in [9.17, 15) is 14.0 Å². The molecule has 2 rings (SSSR count). The zero-order valence-corrected chi connectivity index (χ0v) is 7.55. The topological polar surface area (TPSA) is 65.7 Å². The largest absolute Gasteiger partial charge is 0.326 e. The van der Waals surface area contributed by atoms with Gasteiger partial charge in [-0.2, -0.15) is 4.39 Å². The van der Waals surface area contributed by atoms with E-state index in [0.29, 0.717) is 11.3 Å². The number of aromatic nitrogens is 2. The maximum absolute atomic E-state index is 12.9. The van der Waals surface area contributed by atoms with Crippen LogP contribution in [0.4, 0.5) is 4.39 Å². The highest BCUT2D eigenvalue weighted by molar-refractivity contribution is 7.18. The summed E-state index contributed by atoms with van der Waals surface area (Å²) in [6.45, 7) is 0. The molecule has 68 valence electrons. The predicted octanol–water partition coefficient (Wildman–Crippen LogP) is 1.07. The molecule has 0 aliphatic carbocycles. The Morgan fingerprint density at radius 1 is 1.31 bits per heavy atom. The Bertz CT molecular complexity index is 584. The number of thiophene rings is 1. The number of aromatic amines is 2. The summed E-state index contributed by atoms with van der Waals surface area (Å²) in [5, 5.41) is -0.896. The van der Waals surface area contributed by atoms with Crippen LogP contribution in [0.5, 0.6) is 0 Å². The van der Waals surface area contributed by atoms with Gasteiger partial charge in [0.05, 0.1) is 5.52 Å². The number of H-pyrrole nitrogens is 2. The van der Waals surface area contributed by atoms with Gasteiger partial charge in [0.2, 0.25) is 0 Å². The average molecular weight is 221 g/mol. The van der Waals surface area contributed by atoms with Crippen LogP contribution in [0.25, 0.3) is 10.2 Å².